The summed E-state index contributed by atoms with van der Waals surface area (Å²) in [6, 6.07) is 7.89. The van der Waals surface area contributed by atoms with Crippen LogP contribution in [0.25, 0.3) is 0 Å². The van der Waals surface area contributed by atoms with Gasteiger partial charge in [0.1, 0.15) is 12.4 Å². The fourth-order valence-corrected chi connectivity index (χ4v) is 1.52. The Morgan fingerprint density at radius 2 is 2.17 bits per heavy atom. The summed E-state index contributed by atoms with van der Waals surface area (Å²) < 4.78 is 5.39. The van der Waals surface area contributed by atoms with Crippen molar-refractivity contribution in [3.8, 4) is 5.75 Å². The van der Waals surface area contributed by atoms with Gasteiger partial charge in [-0.05, 0) is 24.6 Å². The number of benzene rings is 1. The van der Waals surface area contributed by atoms with E-state index in [-0.39, 0.29) is 11.9 Å². The molecule has 1 aromatic carbocycles. The van der Waals surface area contributed by atoms with Crippen LogP contribution in [0, 0.1) is 0 Å². The van der Waals surface area contributed by atoms with Crippen LogP contribution in [0.4, 0.5) is 0 Å². The normalized spacial score (nSPS) is 11.8. The molecule has 0 fully saturated rings. The molecule has 0 aliphatic rings. The molecule has 0 spiro atoms. The maximum Gasteiger partial charge on any atom is 0.218 e. The number of hydrogen-bond acceptors (Lipinski definition) is 3. The zero-order chi connectivity index (χ0) is 13.4. The Labute approximate surface area is 108 Å². The molecule has 0 aliphatic carbocycles. The molecule has 4 heteroatoms. The molecule has 1 unspecified atom stereocenters. The molecule has 0 aliphatic heterocycles. The van der Waals surface area contributed by atoms with Crippen molar-refractivity contribution in [1.29, 1.82) is 0 Å². The molecule has 0 heterocycles. The van der Waals surface area contributed by atoms with Crippen LogP contribution >= 0.6 is 0 Å². The van der Waals surface area contributed by atoms with Crippen molar-refractivity contribution in [3.05, 3.63) is 42.5 Å². The number of carbonyl (C=O) groups excluding carboxylic acids is 1. The highest BCUT2D eigenvalue weighted by atomic mass is 16.5. The Morgan fingerprint density at radius 3 is 2.72 bits per heavy atom. The lowest BCUT2D eigenvalue weighted by Gasteiger charge is -2.12. The van der Waals surface area contributed by atoms with Crippen LogP contribution in [0.1, 0.15) is 18.9 Å². The van der Waals surface area contributed by atoms with E-state index >= 15 is 0 Å². The minimum absolute atomic E-state index is 0.0826. The molecule has 1 rings (SSSR count). The molecule has 0 saturated heterocycles. The van der Waals surface area contributed by atoms with Gasteiger partial charge < -0.3 is 15.8 Å². The van der Waals surface area contributed by atoms with E-state index < -0.39 is 0 Å². The van der Waals surface area contributed by atoms with Gasteiger partial charge in [-0.15, -0.1) is 0 Å². The Kier molecular flexibility index (Phi) is 5.94. The average Bonchev–Trinajstić information content (AvgIpc) is 2.34. The SMILES string of the molecule is C=CCOc1ccc(CNC(C)CC(N)=O)cc1. The molecule has 0 aromatic heterocycles. The first-order valence-electron chi connectivity index (χ1n) is 5.96. The van der Waals surface area contributed by atoms with Gasteiger partial charge in [-0.3, -0.25) is 4.79 Å². The van der Waals surface area contributed by atoms with Crippen molar-refractivity contribution in [2.75, 3.05) is 6.61 Å². The van der Waals surface area contributed by atoms with Crippen LogP contribution in [-0.4, -0.2) is 18.6 Å². The molecule has 4 nitrogen and oxygen atoms in total. The maximum atomic E-state index is 10.7. The lowest BCUT2D eigenvalue weighted by atomic mass is 10.2. The second-order valence-electron chi connectivity index (χ2n) is 4.20. The average molecular weight is 248 g/mol. The van der Waals surface area contributed by atoms with Crippen LogP contribution in [0.3, 0.4) is 0 Å². The number of ether oxygens (including phenoxy) is 1. The molecule has 0 radical (unpaired) electrons. The Bertz CT molecular complexity index is 387. The smallest absolute Gasteiger partial charge is 0.218 e. The highest BCUT2D eigenvalue weighted by Crippen LogP contribution is 2.12. The van der Waals surface area contributed by atoms with Crippen molar-refractivity contribution in [2.45, 2.75) is 25.9 Å². The number of carbonyl (C=O) groups is 1. The van der Waals surface area contributed by atoms with Crippen LogP contribution in [-0.2, 0) is 11.3 Å². The lowest BCUT2D eigenvalue weighted by Crippen LogP contribution is -2.30. The quantitative estimate of drug-likeness (QED) is 0.687. The molecule has 0 bridgehead atoms. The van der Waals surface area contributed by atoms with Crippen LogP contribution in [0.5, 0.6) is 5.75 Å². The fraction of sp³-hybridized carbons (Fsp3) is 0.357. The van der Waals surface area contributed by atoms with E-state index in [1.807, 2.05) is 31.2 Å². The standard InChI is InChI=1S/C14H20N2O2/c1-3-8-18-13-6-4-12(5-7-13)10-16-11(2)9-14(15)17/h3-7,11,16H,1,8-10H2,2H3,(H2,15,17). The number of rotatable bonds is 8. The van der Waals surface area contributed by atoms with E-state index in [1.165, 1.54) is 0 Å². The topological polar surface area (TPSA) is 64.3 Å². The number of primary amides is 1. The molecule has 18 heavy (non-hydrogen) atoms. The summed E-state index contributed by atoms with van der Waals surface area (Å²) in [6.45, 7) is 6.74. The Hall–Kier alpha value is -1.81. The summed E-state index contributed by atoms with van der Waals surface area (Å²) in [6.07, 6.45) is 2.06. The van der Waals surface area contributed by atoms with Crippen LogP contribution in [0.15, 0.2) is 36.9 Å². The number of nitrogens with one attached hydrogen (secondary N) is 1. The summed E-state index contributed by atoms with van der Waals surface area (Å²) in [5.41, 5.74) is 6.26. The number of amides is 1. The van der Waals surface area contributed by atoms with Crippen LogP contribution < -0.4 is 15.8 Å². The van der Waals surface area contributed by atoms with E-state index in [1.54, 1.807) is 6.08 Å². The second kappa shape index (κ2) is 7.50. The van der Waals surface area contributed by atoms with E-state index in [4.69, 9.17) is 10.5 Å². The predicted molar refractivity (Wildman–Crippen MR) is 72.2 cm³/mol. The zero-order valence-electron chi connectivity index (χ0n) is 10.7. The highest BCUT2D eigenvalue weighted by Gasteiger charge is 2.05. The molecule has 1 atom stereocenters. The molecular weight excluding hydrogens is 228 g/mol. The van der Waals surface area contributed by atoms with Gasteiger partial charge in [-0.1, -0.05) is 24.8 Å². The summed E-state index contributed by atoms with van der Waals surface area (Å²) >= 11 is 0. The first-order valence-corrected chi connectivity index (χ1v) is 5.96. The van der Waals surface area contributed by atoms with Crippen molar-refractivity contribution < 1.29 is 9.53 Å². The molecule has 1 amide bonds. The maximum absolute atomic E-state index is 10.7. The molecule has 0 saturated carbocycles. The van der Waals surface area contributed by atoms with Gasteiger partial charge in [0.2, 0.25) is 5.91 Å². The van der Waals surface area contributed by atoms with E-state index in [2.05, 4.69) is 11.9 Å². The highest BCUT2D eigenvalue weighted by molar-refractivity contribution is 5.74. The van der Waals surface area contributed by atoms with Crippen molar-refractivity contribution in [3.63, 3.8) is 0 Å². The first-order chi connectivity index (χ1) is 8.61. The molecule has 98 valence electrons. The van der Waals surface area contributed by atoms with Gasteiger partial charge in [-0.2, -0.15) is 0 Å². The summed E-state index contributed by atoms with van der Waals surface area (Å²) in [7, 11) is 0. The van der Waals surface area contributed by atoms with E-state index in [0.717, 1.165) is 11.3 Å². The largest absolute Gasteiger partial charge is 0.490 e. The van der Waals surface area contributed by atoms with Gasteiger partial charge in [0.25, 0.3) is 0 Å². The monoisotopic (exact) mass is 248 g/mol. The first kappa shape index (κ1) is 14.3. The summed E-state index contributed by atoms with van der Waals surface area (Å²) in [4.78, 5) is 10.7. The van der Waals surface area contributed by atoms with Gasteiger partial charge in [0, 0.05) is 19.0 Å². The third-order valence-corrected chi connectivity index (χ3v) is 2.45. The minimum Gasteiger partial charge on any atom is -0.490 e. The molecule has 1 aromatic rings. The van der Waals surface area contributed by atoms with Crippen molar-refractivity contribution >= 4 is 5.91 Å². The Balaban J connectivity index is 2.38. The lowest BCUT2D eigenvalue weighted by molar-refractivity contribution is -0.118. The van der Waals surface area contributed by atoms with Gasteiger partial charge in [0.15, 0.2) is 0 Å². The fourth-order valence-electron chi connectivity index (χ4n) is 1.52. The second-order valence-corrected chi connectivity index (χ2v) is 4.20. The van der Waals surface area contributed by atoms with Gasteiger partial charge >= 0.3 is 0 Å². The Morgan fingerprint density at radius 1 is 1.50 bits per heavy atom. The minimum atomic E-state index is -0.289. The summed E-state index contributed by atoms with van der Waals surface area (Å²) in [5.74, 6) is 0.534. The zero-order valence-corrected chi connectivity index (χ0v) is 10.7. The van der Waals surface area contributed by atoms with E-state index in [9.17, 15) is 4.79 Å². The number of hydrogen-bond donors (Lipinski definition) is 2. The molecule has 3 N–H and O–H groups in total. The predicted octanol–water partition coefficient (Wildman–Crippen LogP) is 1.60. The third kappa shape index (κ3) is 5.50. The van der Waals surface area contributed by atoms with E-state index in [0.29, 0.717) is 19.6 Å². The summed E-state index contributed by atoms with van der Waals surface area (Å²) in [5, 5.41) is 3.24. The third-order valence-electron chi connectivity index (χ3n) is 2.45. The van der Waals surface area contributed by atoms with Crippen LogP contribution in [0.2, 0.25) is 0 Å². The van der Waals surface area contributed by atoms with Gasteiger partial charge in [0.05, 0.1) is 0 Å². The van der Waals surface area contributed by atoms with Crippen molar-refractivity contribution in [2.24, 2.45) is 5.73 Å². The van der Waals surface area contributed by atoms with Gasteiger partial charge in [-0.25, -0.2) is 0 Å². The number of nitrogens with two attached hydrogens (primary N) is 1. The van der Waals surface area contributed by atoms with Crippen molar-refractivity contribution in [1.82, 2.24) is 5.32 Å². The molecular formula is C14H20N2O2.